The molecule has 0 amide bonds. The van der Waals surface area contributed by atoms with Crippen LogP contribution in [0.4, 0.5) is 11.7 Å². The lowest BCUT2D eigenvalue weighted by Crippen LogP contribution is -2.11. The molecule has 2 rings (SSSR count). The van der Waals surface area contributed by atoms with E-state index in [2.05, 4.69) is 20.8 Å². The minimum atomic E-state index is 0.432. The molecule has 0 fully saturated rings. The molecular formula is C9H12N4OS. The van der Waals surface area contributed by atoms with Crippen molar-refractivity contribution in [1.29, 1.82) is 0 Å². The van der Waals surface area contributed by atoms with Gasteiger partial charge in [0.05, 0.1) is 12.2 Å². The van der Waals surface area contributed by atoms with E-state index in [0.29, 0.717) is 18.5 Å². The molecule has 0 bridgehead atoms. The Morgan fingerprint density at radius 2 is 2.40 bits per heavy atom. The van der Waals surface area contributed by atoms with Crippen molar-refractivity contribution < 1.29 is 4.42 Å². The van der Waals surface area contributed by atoms with Crippen molar-refractivity contribution in [3.05, 3.63) is 22.7 Å². The summed E-state index contributed by atoms with van der Waals surface area (Å²) in [6.07, 6.45) is 0. The number of hydrogen-bond donors (Lipinski definition) is 2. The van der Waals surface area contributed by atoms with Crippen LogP contribution in [-0.2, 0) is 6.54 Å². The van der Waals surface area contributed by atoms with E-state index in [-0.39, 0.29) is 0 Å². The van der Waals surface area contributed by atoms with Crippen molar-refractivity contribution in [1.82, 2.24) is 15.5 Å². The van der Waals surface area contributed by atoms with E-state index in [9.17, 15) is 0 Å². The first kappa shape index (κ1) is 10.1. The van der Waals surface area contributed by atoms with Crippen LogP contribution >= 0.6 is 11.3 Å². The molecular weight excluding hydrogens is 212 g/mol. The molecule has 0 unspecified atom stereocenters. The van der Waals surface area contributed by atoms with Crippen molar-refractivity contribution in [3.8, 4) is 0 Å². The van der Waals surface area contributed by atoms with Crippen molar-refractivity contribution in [2.24, 2.45) is 0 Å². The second kappa shape index (κ2) is 4.90. The Hall–Kier alpha value is -1.40. The minimum Gasteiger partial charge on any atom is -0.406 e. The number of nitrogens with zero attached hydrogens (tertiary/aromatic N) is 2. The Bertz CT molecular complexity index is 398. The largest absolute Gasteiger partial charge is 0.406 e. The van der Waals surface area contributed by atoms with Crippen molar-refractivity contribution in [3.63, 3.8) is 0 Å². The third-order valence-electron chi connectivity index (χ3n) is 1.77. The molecule has 0 aliphatic heterocycles. The molecule has 0 aromatic carbocycles. The van der Waals surface area contributed by atoms with Gasteiger partial charge in [-0.15, -0.1) is 5.10 Å². The van der Waals surface area contributed by atoms with Crippen LogP contribution in [0.5, 0.6) is 0 Å². The molecule has 2 N–H and O–H groups in total. The Balaban J connectivity index is 1.95. The smallest absolute Gasteiger partial charge is 0.320 e. The molecule has 0 spiro atoms. The van der Waals surface area contributed by atoms with Crippen LogP contribution in [0.3, 0.4) is 0 Å². The van der Waals surface area contributed by atoms with Gasteiger partial charge in [0.15, 0.2) is 0 Å². The van der Waals surface area contributed by atoms with E-state index in [4.69, 9.17) is 4.42 Å². The van der Waals surface area contributed by atoms with E-state index < -0.39 is 0 Å². The Morgan fingerprint density at radius 3 is 3.13 bits per heavy atom. The summed E-state index contributed by atoms with van der Waals surface area (Å²) in [6.45, 7) is 3.52. The van der Waals surface area contributed by atoms with Crippen LogP contribution < -0.4 is 10.6 Å². The van der Waals surface area contributed by atoms with Crippen LogP contribution in [0, 0.1) is 0 Å². The molecule has 80 valence electrons. The summed E-state index contributed by atoms with van der Waals surface area (Å²) in [7, 11) is 0. The highest BCUT2D eigenvalue weighted by atomic mass is 32.1. The first-order valence-corrected chi connectivity index (χ1v) is 5.65. The third-order valence-corrected chi connectivity index (χ3v) is 2.45. The molecule has 0 radical (unpaired) electrons. The van der Waals surface area contributed by atoms with E-state index in [1.165, 1.54) is 0 Å². The van der Waals surface area contributed by atoms with E-state index in [0.717, 1.165) is 12.2 Å². The maximum Gasteiger partial charge on any atom is 0.320 e. The first-order valence-electron chi connectivity index (χ1n) is 4.71. The van der Waals surface area contributed by atoms with Gasteiger partial charge in [0.25, 0.3) is 0 Å². The molecule has 15 heavy (non-hydrogen) atoms. The second-order valence-corrected chi connectivity index (χ2v) is 3.70. The van der Waals surface area contributed by atoms with Gasteiger partial charge in [0, 0.05) is 5.38 Å². The van der Waals surface area contributed by atoms with Gasteiger partial charge in [-0.2, -0.15) is 11.3 Å². The topological polar surface area (TPSA) is 63.0 Å². The zero-order chi connectivity index (χ0) is 10.5. The molecule has 0 saturated carbocycles. The Kier molecular flexibility index (Phi) is 3.31. The van der Waals surface area contributed by atoms with Gasteiger partial charge in [0.1, 0.15) is 0 Å². The van der Waals surface area contributed by atoms with Crippen LogP contribution in [0.25, 0.3) is 0 Å². The SMILES string of the molecule is CCNCc1nnc(Nc2ccsc2)o1. The molecule has 0 atom stereocenters. The summed E-state index contributed by atoms with van der Waals surface area (Å²) in [5.74, 6) is 0.592. The number of nitrogens with one attached hydrogen (secondary N) is 2. The second-order valence-electron chi connectivity index (χ2n) is 2.92. The number of anilines is 2. The van der Waals surface area contributed by atoms with Crippen molar-refractivity contribution in [2.75, 3.05) is 11.9 Å². The maximum absolute atomic E-state index is 5.37. The molecule has 2 aromatic heterocycles. The highest BCUT2D eigenvalue weighted by molar-refractivity contribution is 7.08. The normalized spacial score (nSPS) is 10.5. The summed E-state index contributed by atoms with van der Waals surface area (Å²) in [6, 6.07) is 2.39. The summed E-state index contributed by atoms with van der Waals surface area (Å²) < 4.78 is 5.37. The van der Waals surface area contributed by atoms with Crippen LogP contribution in [0.15, 0.2) is 21.2 Å². The predicted octanol–water partition coefficient (Wildman–Crippen LogP) is 1.98. The minimum absolute atomic E-state index is 0.432. The van der Waals surface area contributed by atoms with Crippen LogP contribution in [-0.4, -0.2) is 16.7 Å². The summed E-state index contributed by atoms with van der Waals surface area (Å²) in [4.78, 5) is 0. The zero-order valence-corrected chi connectivity index (χ0v) is 9.17. The molecule has 0 aliphatic carbocycles. The van der Waals surface area contributed by atoms with Gasteiger partial charge in [-0.25, -0.2) is 0 Å². The summed E-state index contributed by atoms with van der Waals surface area (Å²) >= 11 is 1.61. The zero-order valence-electron chi connectivity index (χ0n) is 8.36. The standard InChI is InChI=1S/C9H12N4OS/c1-2-10-5-8-12-13-9(14-8)11-7-3-4-15-6-7/h3-4,6,10H,2,5H2,1H3,(H,11,13). The van der Waals surface area contributed by atoms with Gasteiger partial charge in [-0.1, -0.05) is 12.0 Å². The molecule has 0 aliphatic rings. The number of hydrogen-bond acceptors (Lipinski definition) is 6. The van der Waals surface area contributed by atoms with Gasteiger partial charge < -0.3 is 15.1 Å². The van der Waals surface area contributed by atoms with Gasteiger partial charge >= 0.3 is 6.01 Å². The van der Waals surface area contributed by atoms with Gasteiger partial charge in [0.2, 0.25) is 5.89 Å². The van der Waals surface area contributed by atoms with Crippen LogP contribution in [0.1, 0.15) is 12.8 Å². The molecule has 0 saturated heterocycles. The highest BCUT2D eigenvalue weighted by Crippen LogP contribution is 2.17. The predicted molar refractivity (Wildman–Crippen MR) is 59.3 cm³/mol. The first-order chi connectivity index (χ1) is 7.38. The highest BCUT2D eigenvalue weighted by Gasteiger charge is 2.05. The van der Waals surface area contributed by atoms with Crippen LogP contribution in [0.2, 0.25) is 0 Å². The maximum atomic E-state index is 5.37. The van der Waals surface area contributed by atoms with Gasteiger partial charge in [-0.3, -0.25) is 0 Å². The average Bonchev–Trinajstić information content (AvgIpc) is 2.87. The lowest BCUT2D eigenvalue weighted by atomic mass is 10.5. The fourth-order valence-corrected chi connectivity index (χ4v) is 1.65. The summed E-state index contributed by atoms with van der Waals surface area (Å²) in [5.41, 5.74) is 0.971. The van der Waals surface area contributed by atoms with Gasteiger partial charge in [-0.05, 0) is 18.0 Å². The fraction of sp³-hybridized carbons (Fsp3) is 0.333. The molecule has 2 aromatic rings. The quantitative estimate of drug-likeness (QED) is 0.813. The van der Waals surface area contributed by atoms with Crippen molar-refractivity contribution >= 4 is 23.0 Å². The van der Waals surface area contributed by atoms with E-state index in [1.807, 2.05) is 23.8 Å². The Labute approximate surface area is 91.5 Å². The van der Waals surface area contributed by atoms with E-state index in [1.54, 1.807) is 11.3 Å². The fourth-order valence-electron chi connectivity index (χ4n) is 1.07. The van der Waals surface area contributed by atoms with E-state index >= 15 is 0 Å². The number of aromatic nitrogens is 2. The lowest BCUT2D eigenvalue weighted by Gasteiger charge is -1.95. The third kappa shape index (κ3) is 2.77. The summed E-state index contributed by atoms with van der Waals surface area (Å²) in [5, 5.41) is 17.9. The number of thiophene rings is 1. The molecule has 6 heteroatoms. The van der Waals surface area contributed by atoms with Crippen molar-refractivity contribution in [2.45, 2.75) is 13.5 Å². The number of rotatable bonds is 5. The molecule has 2 heterocycles. The monoisotopic (exact) mass is 224 g/mol. The average molecular weight is 224 g/mol. The lowest BCUT2D eigenvalue weighted by molar-refractivity contribution is 0.484. The molecule has 5 nitrogen and oxygen atoms in total. The Morgan fingerprint density at radius 1 is 1.47 bits per heavy atom.